The highest BCUT2D eigenvalue weighted by Gasteiger charge is 2.30. The van der Waals surface area contributed by atoms with E-state index in [2.05, 4.69) is 57.1 Å². The number of nitrogens with zero attached hydrogens (tertiary/aromatic N) is 7. The third-order valence-corrected chi connectivity index (χ3v) is 6.35. The van der Waals surface area contributed by atoms with Crippen LogP contribution in [0.15, 0.2) is 28.4 Å². The number of para-hydroxylation sites is 1. The maximum absolute atomic E-state index is 10.1. The minimum absolute atomic E-state index is 0.194. The van der Waals surface area contributed by atoms with E-state index in [1.54, 1.807) is 4.68 Å². The SMILES string of the molecule is Cc1cccc(C)c1-n1nc(C(C)(C)C)c(C#N)c1N=Nc1c(C(C)(C)C)nsc1N(C)C. The van der Waals surface area contributed by atoms with Crippen LogP contribution in [0.1, 0.15) is 69.6 Å². The van der Waals surface area contributed by atoms with Crippen molar-refractivity contribution in [3.8, 4) is 11.8 Å². The fourth-order valence-corrected chi connectivity index (χ4v) is 4.60. The first-order chi connectivity index (χ1) is 15.3. The van der Waals surface area contributed by atoms with E-state index in [1.807, 2.05) is 51.0 Å². The quantitative estimate of drug-likeness (QED) is 0.394. The predicted molar refractivity (Wildman–Crippen MR) is 136 cm³/mol. The molecule has 8 heteroatoms. The first kappa shape index (κ1) is 24.6. The van der Waals surface area contributed by atoms with Crippen molar-refractivity contribution in [2.75, 3.05) is 19.0 Å². The molecule has 2 aromatic heterocycles. The molecule has 3 aromatic rings. The Hall–Kier alpha value is -3.05. The van der Waals surface area contributed by atoms with E-state index in [0.717, 1.165) is 33.2 Å². The van der Waals surface area contributed by atoms with Gasteiger partial charge in [0.05, 0.1) is 17.1 Å². The molecular formula is C25H33N7S. The number of aryl methyl sites for hydroxylation is 2. The van der Waals surface area contributed by atoms with Gasteiger partial charge >= 0.3 is 0 Å². The lowest BCUT2D eigenvalue weighted by Crippen LogP contribution is -2.14. The van der Waals surface area contributed by atoms with E-state index in [0.29, 0.717) is 17.1 Å². The van der Waals surface area contributed by atoms with Crippen molar-refractivity contribution in [1.29, 1.82) is 5.26 Å². The zero-order valence-corrected chi connectivity index (χ0v) is 22.1. The van der Waals surface area contributed by atoms with Crippen LogP contribution in [0.3, 0.4) is 0 Å². The molecule has 3 rings (SSSR count). The van der Waals surface area contributed by atoms with Crippen LogP contribution in [0.5, 0.6) is 0 Å². The summed E-state index contributed by atoms with van der Waals surface area (Å²) in [4.78, 5) is 2.00. The molecular weight excluding hydrogens is 430 g/mol. The highest BCUT2D eigenvalue weighted by molar-refractivity contribution is 7.11. The second-order valence-electron chi connectivity index (χ2n) is 10.6. The number of anilines is 1. The van der Waals surface area contributed by atoms with Crippen molar-refractivity contribution in [2.24, 2.45) is 10.2 Å². The maximum atomic E-state index is 10.1. The minimum atomic E-state index is -0.327. The summed E-state index contributed by atoms with van der Waals surface area (Å²) in [5.41, 5.74) is 5.27. The second-order valence-corrected chi connectivity index (χ2v) is 11.3. The molecule has 0 bridgehead atoms. The highest BCUT2D eigenvalue weighted by atomic mass is 32.1. The normalized spacial score (nSPS) is 12.4. The van der Waals surface area contributed by atoms with E-state index in [1.165, 1.54) is 11.5 Å². The molecule has 0 amide bonds. The molecule has 0 saturated carbocycles. The van der Waals surface area contributed by atoms with Crippen LogP contribution < -0.4 is 4.90 Å². The fourth-order valence-electron chi connectivity index (χ4n) is 3.67. The van der Waals surface area contributed by atoms with Gasteiger partial charge in [-0.2, -0.15) is 14.7 Å². The number of azo groups is 1. The fraction of sp³-hybridized carbons (Fsp3) is 0.480. The lowest BCUT2D eigenvalue weighted by Gasteiger charge is -2.17. The highest BCUT2D eigenvalue weighted by Crippen LogP contribution is 2.43. The van der Waals surface area contributed by atoms with E-state index < -0.39 is 0 Å². The van der Waals surface area contributed by atoms with Crippen LogP contribution in [-0.2, 0) is 10.8 Å². The average Bonchev–Trinajstić information content (AvgIpc) is 3.27. The van der Waals surface area contributed by atoms with Gasteiger partial charge in [-0.25, -0.2) is 4.68 Å². The van der Waals surface area contributed by atoms with Crippen LogP contribution in [0.2, 0.25) is 0 Å². The summed E-state index contributed by atoms with van der Waals surface area (Å²) < 4.78 is 6.45. The number of nitriles is 1. The van der Waals surface area contributed by atoms with Crippen molar-refractivity contribution in [2.45, 2.75) is 66.2 Å². The van der Waals surface area contributed by atoms with E-state index >= 15 is 0 Å². The van der Waals surface area contributed by atoms with Crippen molar-refractivity contribution < 1.29 is 0 Å². The van der Waals surface area contributed by atoms with E-state index in [4.69, 9.17) is 10.2 Å². The van der Waals surface area contributed by atoms with Gasteiger partial charge < -0.3 is 4.90 Å². The van der Waals surface area contributed by atoms with Gasteiger partial charge in [0.2, 0.25) is 0 Å². The maximum Gasteiger partial charge on any atom is 0.196 e. The second kappa shape index (κ2) is 8.71. The number of hydrogen-bond acceptors (Lipinski definition) is 7. The predicted octanol–water partition coefficient (Wildman–Crippen LogP) is 6.89. The van der Waals surface area contributed by atoms with Gasteiger partial charge in [0.25, 0.3) is 0 Å². The van der Waals surface area contributed by atoms with E-state index in [9.17, 15) is 5.26 Å². The Kier molecular flexibility index (Phi) is 6.49. The molecule has 0 aliphatic carbocycles. The molecule has 0 spiro atoms. The summed E-state index contributed by atoms with van der Waals surface area (Å²) >= 11 is 1.41. The first-order valence-electron chi connectivity index (χ1n) is 11.0. The molecule has 0 fully saturated rings. The largest absolute Gasteiger partial charge is 0.366 e. The van der Waals surface area contributed by atoms with Crippen molar-refractivity contribution in [1.82, 2.24) is 14.2 Å². The van der Waals surface area contributed by atoms with Gasteiger partial charge in [0, 0.05) is 24.9 Å². The van der Waals surface area contributed by atoms with E-state index in [-0.39, 0.29) is 10.8 Å². The van der Waals surface area contributed by atoms with Gasteiger partial charge in [-0.3, -0.25) is 0 Å². The topological polar surface area (TPSA) is 82.5 Å². The third kappa shape index (κ3) is 4.69. The average molecular weight is 464 g/mol. The molecule has 0 radical (unpaired) electrons. The van der Waals surface area contributed by atoms with Crippen LogP contribution in [-0.4, -0.2) is 28.2 Å². The zero-order chi connectivity index (χ0) is 24.7. The standard InChI is InChI=1S/C25H33N7S/c1-15-12-11-13-16(2)19(15)32-22(17(14-26)20(29-32)24(3,4)5)28-27-18-21(25(6,7)8)30-33-23(18)31(9)10/h11-13H,1-10H3. The lowest BCUT2D eigenvalue weighted by atomic mass is 9.90. The Morgan fingerprint density at radius 2 is 1.55 bits per heavy atom. The lowest BCUT2D eigenvalue weighted by molar-refractivity contribution is 0.558. The molecule has 7 nitrogen and oxygen atoms in total. The molecule has 174 valence electrons. The van der Waals surface area contributed by atoms with Crippen molar-refractivity contribution in [3.05, 3.63) is 46.3 Å². The summed E-state index contributed by atoms with van der Waals surface area (Å²) in [7, 11) is 3.94. The first-order valence-corrected chi connectivity index (χ1v) is 11.7. The molecule has 2 heterocycles. The molecule has 0 aliphatic rings. The Morgan fingerprint density at radius 1 is 0.970 bits per heavy atom. The Balaban J connectivity index is 2.33. The number of hydrogen-bond donors (Lipinski definition) is 0. The summed E-state index contributed by atoms with van der Waals surface area (Å²) in [5, 5.41) is 25.3. The van der Waals surface area contributed by atoms with Crippen LogP contribution >= 0.6 is 11.5 Å². The summed E-state index contributed by atoms with van der Waals surface area (Å²) in [6.45, 7) is 16.6. The minimum Gasteiger partial charge on any atom is -0.366 e. The number of benzene rings is 1. The number of rotatable bonds is 4. The molecule has 1 aromatic carbocycles. The summed E-state index contributed by atoms with van der Waals surface area (Å²) in [5.74, 6) is 0.440. The third-order valence-electron chi connectivity index (χ3n) is 5.35. The van der Waals surface area contributed by atoms with Crippen LogP contribution in [0.25, 0.3) is 5.69 Å². The number of aromatic nitrogens is 3. The van der Waals surface area contributed by atoms with Gasteiger partial charge in [-0.1, -0.05) is 59.7 Å². The molecule has 0 aliphatic heterocycles. The molecule has 33 heavy (non-hydrogen) atoms. The smallest absolute Gasteiger partial charge is 0.196 e. The Morgan fingerprint density at radius 3 is 2.03 bits per heavy atom. The van der Waals surface area contributed by atoms with Gasteiger partial charge in [-0.15, -0.1) is 10.2 Å². The van der Waals surface area contributed by atoms with Crippen LogP contribution in [0, 0.1) is 25.2 Å². The molecule has 0 atom stereocenters. The summed E-state index contributed by atoms with van der Waals surface area (Å²) in [6, 6.07) is 8.45. The van der Waals surface area contributed by atoms with Gasteiger partial charge in [-0.05, 0) is 36.5 Å². The summed E-state index contributed by atoms with van der Waals surface area (Å²) in [6.07, 6.45) is 0. The molecule has 0 N–H and O–H groups in total. The Labute approximate surface area is 200 Å². The zero-order valence-electron chi connectivity index (χ0n) is 21.3. The van der Waals surface area contributed by atoms with Crippen molar-refractivity contribution in [3.63, 3.8) is 0 Å². The molecule has 0 saturated heterocycles. The van der Waals surface area contributed by atoms with Crippen LogP contribution in [0.4, 0.5) is 16.5 Å². The van der Waals surface area contributed by atoms with Gasteiger partial charge in [0.1, 0.15) is 22.3 Å². The Bertz CT molecular complexity index is 1220. The monoisotopic (exact) mass is 463 g/mol. The molecule has 0 unspecified atom stereocenters. The van der Waals surface area contributed by atoms with Crippen molar-refractivity contribution >= 4 is 28.0 Å². The van der Waals surface area contributed by atoms with Gasteiger partial charge in [0.15, 0.2) is 5.82 Å².